The van der Waals surface area contributed by atoms with Crippen molar-refractivity contribution < 1.29 is 4.79 Å². The van der Waals surface area contributed by atoms with Gasteiger partial charge in [-0.2, -0.15) is 0 Å². The molecule has 0 aromatic carbocycles. The Morgan fingerprint density at radius 2 is 1.79 bits per heavy atom. The zero-order valence-corrected chi connectivity index (χ0v) is 9.94. The zero-order valence-electron chi connectivity index (χ0n) is 9.94. The molecule has 0 heterocycles. The maximum absolute atomic E-state index is 10.9. The van der Waals surface area contributed by atoms with Gasteiger partial charge in [0, 0.05) is 6.42 Å². The number of ketones is 1. The number of unbranched alkanes of at least 4 members (excludes halogenated alkanes) is 2. The van der Waals surface area contributed by atoms with Gasteiger partial charge in [-0.05, 0) is 32.6 Å². The highest BCUT2D eigenvalue weighted by atomic mass is 16.1. The maximum atomic E-state index is 10.9. The van der Waals surface area contributed by atoms with Crippen LogP contribution in [0.15, 0.2) is 11.6 Å². The molecule has 82 valence electrons. The molecule has 0 aliphatic carbocycles. The van der Waals surface area contributed by atoms with Crippen LogP contribution in [-0.4, -0.2) is 5.78 Å². The molecule has 0 aliphatic heterocycles. The van der Waals surface area contributed by atoms with Gasteiger partial charge in [0.05, 0.1) is 0 Å². The van der Waals surface area contributed by atoms with E-state index in [1.54, 1.807) is 6.92 Å². The van der Waals surface area contributed by atoms with Gasteiger partial charge in [-0.3, -0.25) is 0 Å². The average molecular weight is 196 g/mol. The van der Waals surface area contributed by atoms with Crippen LogP contribution in [0.4, 0.5) is 0 Å². The van der Waals surface area contributed by atoms with E-state index in [1.165, 1.54) is 31.3 Å². The minimum atomic E-state index is 0.309. The molecule has 0 atom stereocenters. The van der Waals surface area contributed by atoms with E-state index >= 15 is 0 Å². The predicted molar refractivity (Wildman–Crippen MR) is 62.4 cm³/mol. The van der Waals surface area contributed by atoms with E-state index < -0.39 is 0 Å². The molecule has 0 aromatic heterocycles. The smallest absolute Gasteiger partial charge is 0.130 e. The van der Waals surface area contributed by atoms with Crippen LogP contribution in [0.2, 0.25) is 0 Å². The molecule has 1 nitrogen and oxygen atoms in total. The summed E-state index contributed by atoms with van der Waals surface area (Å²) in [5.41, 5.74) is 1.49. The SMILES string of the molecule is CCC/C=C(\CCCC)CCC(C)=O. The molecule has 0 unspecified atom stereocenters. The van der Waals surface area contributed by atoms with Crippen molar-refractivity contribution >= 4 is 5.78 Å². The predicted octanol–water partition coefficient (Wildman–Crippen LogP) is 4.27. The van der Waals surface area contributed by atoms with Crippen LogP contribution >= 0.6 is 0 Å². The fraction of sp³-hybridized carbons (Fsp3) is 0.769. The molecular weight excluding hydrogens is 172 g/mol. The van der Waals surface area contributed by atoms with Gasteiger partial charge in [0.25, 0.3) is 0 Å². The molecule has 0 spiro atoms. The van der Waals surface area contributed by atoms with Crippen molar-refractivity contribution in [2.24, 2.45) is 0 Å². The van der Waals surface area contributed by atoms with Crippen molar-refractivity contribution in [2.75, 3.05) is 0 Å². The summed E-state index contributed by atoms with van der Waals surface area (Å²) in [6, 6.07) is 0. The van der Waals surface area contributed by atoms with Crippen LogP contribution in [0.3, 0.4) is 0 Å². The molecule has 0 aromatic rings. The molecule has 14 heavy (non-hydrogen) atoms. The van der Waals surface area contributed by atoms with Crippen LogP contribution in [0.25, 0.3) is 0 Å². The second-order valence-corrected chi connectivity index (χ2v) is 3.96. The highest BCUT2D eigenvalue weighted by Gasteiger charge is 1.99. The second kappa shape index (κ2) is 8.98. The monoisotopic (exact) mass is 196 g/mol. The standard InChI is InChI=1S/C13H24O/c1-4-6-8-13(9-7-5-2)11-10-12(3)14/h8H,4-7,9-11H2,1-3H3/b13-8+. The molecule has 0 saturated carbocycles. The number of Topliss-reactive ketones (excluding diaryl/α,β-unsaturated/α-hetero) is 1. The van der Waals surface area contributed by atoms with E-state index in [9.17, 15) is 4.79 Å². The number of carbonyl (C=O) groups excluding carboxylic acids is 1. The van der Waals surface area contributed by atoms with Gasteiger partial charge in [0.1, 0.15) is 5.78 Å². The Morgan fingerprint density at radius 3 is 2.29 bits per heavy atom. The summed E-state index contributed by atoms with van der Waals surface area (Å²) in [7, 11) is 0. The van der Waals surface area contributed by atoms with E-state index in [0.717, 1.165) is 19.3 Å². The summed E-state index contributed by atoms with van der Waals surface area (Å²) in [4.78, 5) is 10.9. The number of hydrogen-bond donors (Lipinski definition) is 0. The minimum absolute atomic E-state index is 0.309. The van der Waals surface area contributed by atoms with E-state index in [1.807, 2.05) is 0 Å². The van der Waals surface area contributed by atoms with Crippen LogP contribution in [0.5, 0.6) is 0 Å². The Kier molecular flexibility index (Phi) is 8.61. The first kappa shape index (κ1) is 13.4. The van der Waals surface area contributed by atoms with Crippen molar-refractivity contribution in [1.29, 1.82) is 0 Å². The van der Waals surface area contributed by atoms with Crippen molar-refractivity contribution in [3.05, 3.63) is 11.6 Å². The Hall–Kier alpha value is -0.590. The lowest BCUT2D eigenvalue weighted by atomic mass is 10.0. The molecule has 0 bridgehead atoms. The van der Waals surface area contributed by atoms with Crippen molar-refractivity contribution in [2.45, 2.75) is 65.7 Å². The van der Waals surface area contributed by atoms with Crippen molar-refractivity contribution in [3.8, 4) is 0 Å². The third kappa shape index (κ3) is 8.03. The Labute approximate surface area is 88.6 Å². The summed E-state index contributed by atoms with van der Waals surface area (Å²) in [5.74, 6) is 0.309. The first-order valence-corrected chi connectivity index (χ1v) is 5.88. The van der Waals surface area contributed by atoms with Gasteiger partial charge in [0.15, 0.2) is 0 Å². The summed E-state index contributed by atoms with van der Waals surface area (Å²) in [5, 5.41) is 0. The van der Waals surface area contributed by atoms with E-state index in [2.05, 4.69) is 19.9 Å². The normalized spacial score (nSPS) is 11.8. The topological polar surface area (TPSA) is 17.1 Å². The molecule has 1 heteroatoms. The van der Waals surface area contributed by atoms with Gasteiger partial charge in [0.2, 0.25) is 0 Å². The highest BCUT2D eigenvalue weighted by Crippen LogP contribution is 2.15. The van der Waals surface area contributed by atoms with Crippen molar-refractivity contribution in [1.82, 2.24) is 0 Å². The van der Waals surface area contributed by atoms with E-state index in [4.69, 9.17) is 0 Å². The largest absolute Gasteiger partial charge is 0.300 e. The first-order chi connectivity index (χ1) is 6.70. The molecule has 0 N–H and O–H groups in total. The minimum Gasteiger partial charge on any atom is -0.300 e. The Bertz CT molecular complexity index is 180. The van der Waals surface area contributed by atoms with Crippen LogP contribution in [0.1, 0.15) is 65.7 Å². The summed E-state index contributed by atoms with van der Waals surface area (Å²) in [6.07, 6.45) is 10.1. The molecule has 0 rings (SSSR count). The van der Waals surface area contributed by atoms with Crippen molar-refractivity contribution in [3.63, 3.8) is 0 Å². The van der Waals surface area contributed by atoms with Gasteiger partial charge < -0.3 is 4.79 Å². The lowest BCUT2D eigenvalue weighted by Crippen LogP contribution is -1.93. The number of carbonyl (C=O) groups is 1. The molecule has 0 amide bonds. The molecule has 0 radical (unpaired) electrons. The van der Waals surface area contributed by atoms with Crippen LogP contribution in [-0.2, 0) is 4.79 Å². The fourth-order valence-electron chi connectivity index (χ4n) is 1.42. The summed E-state index contributed by atoms with van der Waals surface area (Å²) < 4.78 is 0. The van der Waals surface area contributed by atoms with Gasteiger partial charge in [-0.1, -0.05) is 38.3 Å². The number of hydrogen-bond acceptors (Lipinski definition) is 1. The second-order valence-electron chi connectivity index (χ2n) is 3.96. The first-order valence-electron chi connectivity index (χ1n) is 5.88. The quantitative estimate of drug-likeness (QED) is 0.530. The lowest BCUT2D eigenvalue weighted by Gasteiger charge is -2.05. The lowest BCUT2D eigenvalue weighted by molar-refractivity contribution is -0.116. The molecular formula is C13H24O. The zero-order chi connectivity index (χ0) is 10.8. The summed E-state index contributed by atoms with van der Waals surface area (Å²) in [6.45, 7) is 6.08. The molecule has 0 aliphatic rings. The van der Waals surface area contributed by atoms with Crippen LogP contribution in [0, 0.1) is 0 Å². The van der Waals surface area contributed by atoms with Gasteiger partial charge in [-0.15, -0.1) is 0 Å². The molecule has 0 fully saturated rings. The molecule has 0 saturated heterocycles. The number of rotatable bonds is 8. The third-order valence-corrected chi connectivity index (χ3v) is 2.37. The third-order valence-electron chi connectivity index (χ3n) is 2.37. The maximum Gasteiger partial charge on any atom is 0.130 e. The van der Waals surface area contributed by atoms with E-state index in [-0.39, 0.29) is 0 Å². The highest BCUT2D eigenvalue weighted by molar-refractivity contribution is 5.75. The Morgan fingerprint density at radius 1 is 1.07 bits per heavy atom. The Balaban J connectivity index is 3.89. The van der Waals surface area contributed by atoms with Gasteiger partial charge in [-0.25, -0.2) is 0 Å². The summed E-state index contributed by atoms with van der Waals surface area (Å²) >= 11 is 0. The fourth-order valence-corrected chi connectivity index (χ4v) is 1.42. The average Bonchev–Trinajstić information content (AvgIpc) is 2.16. The van der Waals surface area contributed by atoms with Crippen LogP contribution < -0.4 is 0 Å². The number of allylic oxidation sites excluding steroid dienone is 2. The van der Waals surface area contributed by atoms with E-state index in [0.29, 0.717) is 5.78 Å². The van der Waals surface area contributed by atoms with Gasteiger partial charge >= 0.3 is 0 Å².